The van der Waals surface area contributed by atoms with Crippen molar-refractivity contribution >= 4 is 39.5 Å². The number of para-hydroxylation sites is 2. The first kappa shape index (κ1) is 17.9. The highest BCUT2D eigenvalue weighted by molar-refractivity contribution is 8.38. The van der Waals surface area contributed by atoms with Crippen molar-refractivity contribution in [3.63, 3.8) is 0 Å². The van der Waals surface area contributed by atoms with Crippen molar-refractivity contribution in [2.45, 2.75) is 12.2 Å². The largest absolute Gasteiger partial charge is 0.496 e. The average molecular weight is 373 g/mol. The van der Waals surface area contributed by atoms with E-state index in [1.807, 2.05) is 42.5 Å². The van der Waals surface area contributed by atoms with Crippen molar-refractivity contribution in [1.29, 1.82) is 0 Å². The molecule has 0 aromatic heterocycles. The highest BCUT2D eigenvalue weighted by Gasteiger charge is 2.14. The van der Waals surface area contributed by atoms with Crippen LogP contribution in [0, 0.1) is 0 Å². The first-order valence-electron chi connectivity index (χ1n) is 8.07. The summed E-state index contributed by atoms with van der Waals surface area (Å²) in [4.78, 5) is 16.7. The molecule has 1 amide bonds. The quantitative estimate of drug-likeness (QED) is 0.832. The van der Waals surface area contributed by atoms with Crippen LogP contribution in [0.25, 0.3) is 0 Å². The molecule has 25 heavy (non-hydrogen) atoms. The summed E-state index contributed by atoms with van der Waals surface area (Å²) < 4.78 is 6.28. The van der Waals surface area contributed by atoms with Gasteiger partial charge in [-0.3, -0.25) is 4.79 Å². The van der Waals surface area contributed by atoms with Gasteiger partial charge in [0.05, 0.1) is 18.6 Å². The van der Waals surface area contributed by atoms with Crippen LogP contribution >= 0.6 is 23.5 Å². The number of rotatable bonds is 6. The van der Waals surface area contributed by atoms with E-state index in [0.29, 0.717) is 12.3 Å². The summed E-state index contributed by atoms with van der Waals surface area (Å²) in [6.07, 6.45) is 0.753. The molecule has 0 bridgehead atoms. The van der Waals surface area contributed by atoms with Gasteiger partial charge >= 0.3 is 0 Å². The molecule has 0 fully saturated rings. The van der Waals surface area contributed by atoms with Crippen LogP contribution in [-0.2, 0) is 17.0 Å². The fourth-order valence-corrected chi connectivity index (χ4v) is 4.40. The summed E-state index contributed by atoms with van der Waals surface area (Å²) in [5, 5.41) is 2.96. The van der Waals surface area contributed by atoms with Gasteiger partial charge in [0.25, 0.3) is 0 Å². The summed E-state index contributed by atoms with van der Waals surface area (Å²) in [5.41, 5.74) is 3.36. The van der Waals surface area contributed by atoms with Crippen LogP contribution in [0.2, 0.25) is 0 Å². The summed E-state index contributed by atoms with van der Waals surface area (Å²) in [6, 6.07) is 16.0. The summed E-state index contributed by atoms with van der Waals surface area (Å²) in [5.74, 6) is 2.19. The topological polar surface area (TPSA) is 50.7 Å². The van der Waals surface area contributed by atoms with E-state index in [1.165, 1.54) is 17.3 Å². The minimum absolute atomic E-state index is 0.0297. The van der Waals surface area contributed by atoms with E-state index in [0.717, 1.165) is 33.5 Å². The monoisotopic (exact) mass is 372 g/mol. The molecule has 0 spiro atoms. The van der Waals surface area contributed by atoms with Gasteiger partial charge in [-0.15, -0.1) is 0 Å². The average Bonchev–Trinajstić information content (AvgIpc) is 2.66. The molecule has 0 atom stereocenters. The molecule has 1 heterocycles. The summed E-state index contributed by atoms with van der Waals surface area (Å²) in [6.45, 7) is 0.599. The van der Waals surface area contributed by atoms with Crippen LogP contribution in [0.1, 0.15) is 11.1 Å². The van der Waals surface area contributed by atoms with Crippen LogP contribution in [-0.4, -0.2) is 29.7 Å². The second-order valence-electron chi connectivity index (χ2n) is 5.50. The molecule has 4 nitrogen and oxygen atoms in total. The highest BCUT2D eigenvalue weighted by atomic mass is 32.2. The second-order valence-corrected chi connectivity index (χ2v) is 7.68. The normalized spacial score (nSPS) is 12.9. The Morgan fingerprint density at radius 3 is 2.92 bits per heavy atom. The van der Waals surface area contributed by atoms with E-state index in [1.54, 1.807) is 18.9 Å². The van der Waals surface area contributed by atoms with Crippen LogP contribution < -0.4 is 10.1 Å². The third kappa shape index (κ3) is 5.03. The molecule has 1 aliphatic rings. The number of benzene rings is 2. The van der Waals surface area contributed by atoms with Crippen LogP contribution in [0.5, 0.6) is 5.75 Å². The Bertz CT molecular complexity index is 778. The number of ether oxygens (including phenoxy) is 1. The lowest BCUT2D eigenvalue weighted by molar-refractivity contribution is -0.118. The van der Waals surface area contributed by atoms with Gasteiger partial charge in [0.15, 0.2) is 0 Å². The molecule has 0 radical (unpaired) electrons. The first-order chi connectivity index (χ1) is 12.3. The number of thioether (sulfide) groups is 2. The molecule has 1 N–H and O–H groups in total. The van der Waals surface area contributed by atoms with Crippen molar-refractivity contribution < 1.29 is 9.53 Å². The van der Waals surface area contributed by atoms with E-state index < -0.39 is 0 Å². The van der Waals surface area contributed by atoms with E-state index in [-0.39, 0.29) is 5.91 Å². The molecule has 6 heteroatoms. The van der Waals surface area contributed by atoms with Gasteiger partial charge in [-0.2, -0.15) is 0 Å². The van der Waals surface area contributed by atoms with Crippen LogP contribution in [0.15, 0.2) is 53.5 Å². The third-order valence-corrected chi connectivity index (χ3v) is 6.04. The Morgan fingerprint density at radius 2 is 2.04 bits per heavy atom. The van der Waals surface area contributed by atoms with Gasteiger partial charge in [-0.05, 0) is 29.7 Å². The number of methoxy groups -OCH3 is 1. The summed E-state index contributed by atoms with van der Waals surface area (Å²) in [7, 11) is 1.66. The van der Waals surface area contributed by atoms with Gasteiger partial charge in [0.2, 0.25) is 5.91 Å². The Morgan fingerprint density at radius 1 is 1.24 bits per heavy atom. The number of nitrogens with one attached hydrogen (secondary N) is 1. The fraction of sp³-hybridized carbons (Fsp3) is 0.263. The van der Waals surface area contributed by atoms with Gasteiger partial charge in [-0.25, -0.2) is 4.99 Å². The fourth-order valence-electron chi connectivity index (χ4n) is 2.51. The maximum absolute atomic E-state index is 12.0. The molecule has 0 aliphatic carbocycles. The predicted molar refractivity (Wildman–Crippen MR) is 107 cm³/mol. The zero-order chi connectivity index (χ0) is 17.5. The van der Waals surface area contributed by atoms with Crippen LogP contribution in [0.4, 0.5) is 5.69 Å². The number of hydrogen-bond acceptors (Lipinski definition) is 5. The molecular weight excluding hydrogens is 352 g/mol. The van der Waals surface area contributed by atoms with Crippen molar-refractivity contribution in [3.05, 3.63) is 59.7 Å². The number of aliphatic imine (C=N–C) groups is 1. The van der Waals surface area contributed by atoms with Crippen molar-refractivity contribution in [2.24, 2.45) is 4.99 Å². The van der Waals surface area contributed by atoms with Gasteiger partial charge in [-0.1, -0.05) is 59.9 Å². The lowest BCUT2D eigenvalue weighted by Crippen LogP contribution is -2.27. The maximum Gasteiger partial charge on any atom is 0.230 e. The van der Waals surface area contributed by atoms with Crippen molar-refractivity contribution in [2.75, 3.05) is 19.4 Å². The number of amides is 1. The molecule has 0 saturated carbocycles. The SMILES string of the molecule is COc1ccccc1CCNC(=O)CSC1=Nc2ccccc2CS1. The predicted octanol–water partition coefficient (Wildman–Crippen LogP) is 4.02. The molecule has 2 aromatic carbocycles. The van der Waals surface area contributed by atoms with E-state index in [4.69, 9.17) is 4.74 Å². The third-order valence-electron chi connectivity index (χ3n) is 3.79. The minimum atomic E-state index is 0.0297. The zero-order valence-electron chi connectivity index (χ0n) is 14.0. The first-order valence-corrected chi connectivity index (χ1v) is 10.0. The summed E-state index contributed by atoms with van der Waals surface area (Å²) >= 11 is 3.19. The van der Waals surface area contributed by atoms with Crippen LogP contribution in [0.3, 0.4) is 0 Å². The number of nitrogens with zero attached hydrogens (tertiary/aromatic N) is 1. The minimum Gasteiger partial charge on any atom is -0.496 e. The van der Waals surface area contributed by atoms with E-state index in [9.17, 15) is 4.79 Å². The number of hydrogen-bond donors (Lipinski definition) is 1. The lowest BCUT2D eigenvalue weighted by Gasteiger charge is -2.14. The highest BCUT2D eigenvalue weighted by Crippen LogP contribution is 2.34. The Kier molecular flexibility index (Phi) is 6.42. The zero-order valence-corrected chi connectivity index (χ0v) is 15.7. The lowest BCUT2D eigenvalue weighted by atomic mass is 10.1. The molecule has 3 rings (SSSR count). The molecule has 0 saturated heterocycles. The Balaban J connectivity index is 1.44. The molecule has 1 aliphatic heterocycles. The molecule has 2 aromatic rings. The standard InChI is InChI=1S/C19H20N2O2S2/c1-23-17-9-5-3-6-14(17)10-11-20-18(22)13-25-19-21-16-8-4-2-7-15(16)12-24-19/h2-9H,10-13H2,1H3,(H,20,22). The Hall–Kier alpha value is -1.92. The number of fused-ring (bicyclic) bond motifs is 1. The number of carbonyl (C=O) groups excluding carboxylic acids is 1. The smallest absolute Gasteiger partial charge is 0.230 e. The van der Waals surface area contributed by atoms with Crippen molar-refractivity contribution in [3.8, 4) is 5.75 Å². The van der Waals surface area contributed by atoms with E-state index >= 15 is 0 Å². The number of carbonyl (C=O) groups is 1. The second kappa shape index (κ2) is 8.97. The maximum atomic E-state index is 12.0. The van der Waals surface area contributed by atoms with Gasteiger partial charge in [0.1, 0.15) is 10.1 Å². The van der Waals surface area contributed by atoms with E-state index in [2.05, 4.69) is 16.4 Å². The molecule has 130 valence electrons. The molecular formula is C19H20N2O2S2. The van der Waals surface area contributed by atoms with Gasteiger partial charge < -0.3 is 10.1 Å². The molecule has 0 unspecified atom stereocenters. The Labute approximate surface area is 156 Å². The van der Waals surface area contributed by atoms with Gasteiger partial charge in [0, 0.05) is 12.3 Å². The van der Waals surface area contributed by atoms with Crippen molar-refractivity contribution in [1.82, 2.24) is 5.32 Å².